The van der Waals surface area contributed by atoms with Crippen molar-refractivity contribution in [1.29, 1.82) is 0 Å². The van der Waals surface area contributed by atoms with E-state index in [0.717, 1.165) is 16.1 Å². The molecular formula is C15H14BrF2NO. The lowest BCUT2D eigenvalue weighted by Gasteiger charge is -2.13. The third-order valence-corrected chi connectivity index (χ3v) is 3.35. The van der Waals surface area contributed by atoms with Crippen LogP contribution >= 0.6 is 15.9 Å². The van der Waals surface area contributed by atoms with Gasteiger partial charge in [-0.3, -0.25) is 0 Å². The summed E-state index contributed by atoms with van der Waals surface area (Å²) in [5.41, 5.74) is 1.42. The fourth-order valence-electron chi connectivity index (χ4n) is 1.89. The average Bonchev–Trinajstić information content (AvgIpc) is 2.37. The first-order valence-corrected chi connectivity index (χ1v) is 6.89. The molecule has 20 heavy (non-hydrogen) atoms. The molecule has 0 atom stereocenters. The lowest BCUT2D eigenvalue weighted by Crippen LogP contribution is -2.08. The highest BCUT2D eigenvalue weighted by molar-refractivity contribution is 9.10. The van der Waals surface area contributed by atoms with Gasteiger partial charge in [-0.25, -0.2) is 8.78 Å². The van der Waals surface area contributed by atoms with Crippen molar-refractivity contribution in [1.82, 2.24) is 5.32 Å². The van der Waals surface area contributed by atoms with E-state index in [4.69, 9.17) is 4.74 Å². The normalized spacial score (nSPS) is 10.6. The Labute approximate surface area is 124 Å². The zero-order valence-electron chi connectivity index (χ0n) is 10.9. The minimum Gasteiger partial charge on any atom is -0.487 e. The van der Waals surface area contributed by atoms with Crippen molar-refractivity contribution in [2.45, 2.75) is 13.2 Å². The zero-order chi connectivity index (χ0) is 14.5. The SMILES string of the molecule is CNCc1cccc(Br)c1OCc1cc(F)cc(F)c1. The lowest BCUT2D eigenvalue weighted by atomic mass is 10.2. The number of rotatable bonds is 5. The predicted octanol–water partition coefficient (Wildman–Crippen LogP) is 4.03. The van der Waals surface area contributed by atoms with Gasteiger partial charge in [-0.2, -0.15) is 0 Å². The van der Waals surface area contributed by atoms with Crippen LogP contribution in [0.5, 0.6) is 5.75 Å². The van der Waals surface area contributed by atoms with Crippen LogP contribution in [-0.2, 0) is 13.2 Å². The molecule has 0 saturated carbocycles. The molecule has 0 heterocycles. The molecule has 2 nitrogen and oxygen atoms in total. The average molecular weight is 342 g/mol. The maximum atomic E-state index is 13.1. The molecule has 0 radical (unpaired) electrons. The first-order valence-electron chi connectivity index (χ1n) is 6.10. The molecule has 1 N–H and O–H groups in total. The summed E-state index contributed by atoms with van der Waals surface area (Å²) < 4.78 is 32.7. The van der Waals surface area contributed by atoms with Gasteiger partial charge < -0.3 is 10.1 Å². The van der Waals surface area contributed by atoms with E-state index in [-0.39, 0.29) is 6.61 Å². The fraction of sp³-hybridized carbons (Fsp3) is 0.200. The van der Waals surface area contributed by atoms with Gasteiger partial charge in [0.15, 0.2) is 0 Å². The van der Waals surface area contributed by atoms with E-state index in [1.165, 1.54) is 12.1 Å². The molecule has 0 bridgehead atoms. The second-order valence-corrected chi connectivity index (χ2v) is 5.18. The van der Waals surface area contributed by atoms with Crippen LogP contribution in [0, 0.1) is 11.6 Å². The Bertz CT molecular complexity index is 584. The molecule has 2 aromatic rings. The van der Waals surface area contributed by atoms with Crippen LogP contribution in [0.3, 0.4) is 0 Å². The van der Waals surface area contributed by atoms with Crippen molar-refractivity contribution < 1.29 is 13.5 Å². The molecule has 106 valence electrons. The molecule has 0 amide bonds. The summed E-state index contributed by atoms with van der Waals surface area (Å²) in [4.78, 5) is 0. The van der Waals surface area contributed by atoms with Crippen LogP contribution in [0.2, 0.25) is 0 Å². The number of para-hydroxylation sites is 1. The Balaban J connectivity index is 2.18. The summed E-state index contributed by atoms with van der Waals surface area (Å²) in [6.07, 6.45) is 0. The standard InChI is InChI=1S/C15H14BrF2NO/c1-19-8-11-3-2-4-14(16)15(11)20-9-10-5-12(17)7-13(18)6-10/h2-7,19H,8-9H2,1H3. The summed E-state index contributed by atoms with van der Waals surface area (Å²) >= 11 is 3.42. The number of benzene rings is 2. The predicted molar refractivity (Wildman–Crippen MR) is 77.6 cm³/mol. The van der Waals surface area contributed by atoms with Gasteiger partial charge in [0.1, 0.15) is 24.0 Å². The van der Waals surface area contributed by atoms with E-state index < -0.39 is 11.6 Å². The molecule has 0 unspecified atom stereocenters. The third kappa shape index (κ3) is 3.77. The maximum absolute atomic E-state index is 13.1. The first-order chi connectivity index (χ1) is 9.60. The van der Waals surface area contributed by atoms with E-state index in [1.807, 2.05) is 25.2 Å². The number of hydrogen-bond acceptors (Lipinski definition) is 2. The van der Waals surface area contributed by atoms with E-state index >= 15 is 0 Å². The smallest absolute Gasteiger partial charge is 0.138 e. The Hall–Kier alpha value is -1.46. The van der Waals surface area contributed by atoms with E-state index in [0.29, 0.717) is 17.9 Å². The van der Waals surface area contributed by atoms with Crippen LogP contribution in [0.1, 0.15) is 11.1 Å². The van der Waals surface area contributed by atoms with Crippen molar-refractivity contribution in [3.63, 3.8) is 0 Å². The van der Waals surface area contributed by atoms with Crippen LogP contribution in [0.25, 0.3) is 0 Å². The van der Waals surface area contributed by atoms with Gasteiger partial charge in [0.25, 0.3) is 0 Å². The van der Waals surface area contributed by atoms with Crippen molar-refractivity contribution in [3.8, 4) is 5.75 Å². The van der Waals surface area contributed by atoms with Crippen molar-refractivity contribution in [2.75, 3.05) is 7.05 Å². The molecule has 0 aliphatic rings. The molecule has 2 aromatic carbocycles. The first kappa shape index (κ1) is 14.9. The van der Waals surface area contributed by atoms with Gasteiger partial charge in [-0.15, -0.1) is 0 Å². The van der Waals surface area contributed by atoms with Gasteiger partial charge in [0.05, 0.1) is 4.47 Å². The second-order valence-electron chi connectivity index (χ2n) is 4.32. The maximum Gasteiger partial charge on any atom is 0.138 e. The Kier molecular flexibility index (Phi) is 5.09. The van der Waals surface area contributed by atoms with E-state index in [2.05, 4.69) is 21.2 Å². The van der Waals surface area contributed by atoms with Crippen LogP contribution in [-0.4, -0.2) is 7.05 Å². The molecule has 0 aromatic heterocycles. The lowest BCUT2D eigenvalue weighted by molar-refractivity contribution is 0.299. The monoisotopic (exact) mass is 341 g/mol. The topological polar surface area (TPSA) is 21.3 Å². The summed E-state index contributed by atoms with van der Waals surface area (Å²) in [6, 6.07) is 9.07. The summed E-state index contributed by atoms with van der Waals surface area (Å²) in [5.74, 6) is -0.538. The highest BCUT2D eigenvalue weighted by Crippen LogP contribution is 2.29. The summed E-state index contributed by atoms with van der Waals surface area (Å²) in [5, 5.41) is 3.05. The molecule has 0 aliphatic heterocycles. The van der Waals surface area contributed by atoms with Crippen molar-refractivity contribution in [3.05, 3.63) is 63.6 Å². The van der Waals surface area contributed by atoms with Gasteiger partial charge in [0, 0.05) is 18.2 Å². The Morgan fingerprint density at radius 1 is 1.15 bits per heavy atom. The molecule has 0 saturated heterocycles. The number of ether oxygens (including phenoxy) is 1. The fourth-order valence-corrected chi connectivity index (χ4v) is 2.42. The second kappa shape index (κ2) is 6.81. The van der Waals surface area contributed by atoms with Crippen molar-refractivity contribution in [2.24, 2.45) is 0 Å². The number of halogens is 3. The number of nitrogens with one attached hydrogen (secondary N) is 1. The quantitative estimate of drug-likeness (QED) is 0.886. The third-order valence-electron chi connectivity index (χ3n) is 2.72. The van der Waals surface area contributed by atoms with Crippen LogP contribution in [0.4, 0.5) is 8.78 Å². The number of hydrogen-bond donors (Lipinski definition) is 1. The minimum absolute atomic E-state index is 0.105. The molecule has 2 rings (SSSR count). The van der Waals surface area contributed by atoms with Gasteiger partial charge >= 0.3 is 0 Å². The highest BCUT2D eigenvalue weighted by Gasteiger charge is 2.09. The van der Waals surface area contributed by atoms with Crippen molar-refractivity contribution >= 4 is 15.9 Å². The molecule has 0 fully saturated rings. The molecular weight excluding hydrogens is 328 g/mol. The summed E-state index contributed by atoms with van der Waals surface area (Å²) in [6.45, 7) is 0.750. The Morgan fingerprint density at radius 3 is 2.50 bits per heavy atom. The van der Waals surface area contributed by atoms with Crippen LogP contribution < -0.4 is 10.1 Å². The van der Waals surface area contributed by atoms with Gasteiger partial charge in [-0.05, 0) is 46.7 Å². The highest BCUT2D eigenvalue weighted by atomic mass is 79.9. The molecule has 5 heteroatoms. The van der Waals surface area contributed by atoms with E-state index in [9.17, 15) is 8.78 Å². The molecule has 0 aliphatic carbocycles. The van der Waals surface area contributed by atoms with Gasteiger partial charge in [0.2, 0.25) is 0 Å². The Morgan fingerprint density at radius 2 is 1.85 bits per heavy atom. The summed E-state index contributed by atoms with van der Waals surface area (Å²) in [7, 11) is 1.84. The molecule has 0 spiro atoms. The van der Waals surface area contributed by atoms with Crippen LogP contribution in [0.15, 0.2) is 40.9 Å². The minimum atomic E-state index is -0.605. The zero-order valence-corrected chi connectivity index (χ0v) is 12.5. The largest absolute Gasteiger partial charge is 0.487 e. The van der Waals surface area contributed by atoms with E-state index in [1.54, 1.807) is 0 Å². The van der Waals surface area contributed by atoms with Gasteiger partial charge in [-0.1, -0.05) is 12.1 Å².